The first-order valence-electron chi connectivity index (χ1n) is 3.96. The summed E-state index contributed by atoms with van der Waals surface area (Å²) in [7, 11) is 0. The fraction of sp³-hybridized carbons (Fsp3) is 0.333. The van der Waals surface area contributed by atoms with Gasteiger partial charge in [0.2, 0.25) is 0 Å². The molecule has 0 bridgehead atoms. The molecule has 0 unspecified atom stereocenters. The zero-order valence-electron chi connectivity index (χ0n) is 6.48. The second-order valence-electron chi connectivity index (χ2n) is 2.96. The Kier molecular flexibility index (Phi) is 1.81. The summed E-state index contributed by atoms with van der Waals surface area (Å²) in [6.45, 7) is 0.918. The van der Waals surface area contributed by atoms with E-state index in [2.05, 4.69) is 5.32 Å². The maximum Gasteiger partial charge on any atom is 0.130 e. The van der Waals surface area contributed by atoms with Gasteiger partial charge in [-0.05, 0) is 19.0 Å². The number of hydrogen-bond acceptors (Lipinski definition) is 1. The molecule has 1 aromatic rings. The van der Waals surface area contributed by atoms with E-state index in [0.717, 1.165) is 19.0 Å². The fourth-order valence-electron chi connectivity index (χ4n) is 1.34. The molecule has 1 saturated heterocycles. The Morgan fingerprint density at radius 1 is 1.33 bits per heavy atom. The van der Waals surface area contributed by atoms with Gasteiger partial charge in [0.15, 0.2) is 0 Å². The summed E-state index contributed by atoms with van der Waals surface area (Å²) < 4.78 is 25.5. The first-order chi connectivity index (χ1) is 5.77. The van der Waals surface area contributed by atoms with E-state index in [0.29, 0.717) is 5.56 Å². The van der Waals surface area contributed by atoms with Crippen LogP contribution in [0.5, 0.6) is 0 Å². The van der Waals surface area contributed by atoms with Gasteiger partial charge >= 0.3 is 0 Å². The molecular formula is C9H9F2N. The second kappa shape index (κ2) is 2.83. The highest BCUT2D eigenvalue weighted by atomic mass is 19.1. The molecular weight excluding hydrogens is 160 g/mol. The van der Waals surface area contributed by atoms with Gasteiger partial charge in [0.1, 0.15) is 11.6 Å². The number of benzene rings is 1. The highest BCUT2D eigenvalue weighted by Gasteiger charge is 2.21. The Hall–Kier alpha value is -0.960. The van der Waals surface area contributed by atoms with Crippen molar-refractivity contribution in [2.45, 2.75) is 12.5 Å². The molecule has 0 saturated carbocycles. The van der Waals surface area contributed by atoms with Crippen molar-refractivity contribution >= 4 is 0 Å². The van der Waals surface area contributed by atoms with Gasteiger partial charge in [-0.25, -0.2) is 8.78 Å². The molecule has 0 aliphatic carbocycles. The first-order valence-corrected chi connectivity index (χ1v) is 3.96. The molecule has 1 fully saturated rings. The monoisotopic (exact) mass is 169 g/mol. The zero-order chi connectivity index (χ0) is 8.55. The van der Waals surface area contributed by atoms with Crippen LogP contribution in [0.3, 0.4) is 0 Å². The molecule has 1 aromatic carbocycles. The SMILES string of the molecule is Fc1ccc([C@@H]2CCN2)c(F)c1. The van der Waals surface area contributed by atoms with E-state index in [1.54, 1.807) is 0 Å². The summed E-state index contributed by atoms with van der Waals surface area (Å²) in [5.41, 5.74) is 0.572. The van der Waals surface area contributed by atoms with Crippen LogP contribution in [0, 0.1) is 11.6 Å². The largest absolute Gasteiger partial charge is 0.310 e. The Labute approximate surface area is 69.4 Å². The van der Waals surface area contributed by atoms with Crippen LogP contribution in [0.25, 0.3) is 0 Å². The van der Waals surface area contributed by atoms with E-state index in [1.807, 2.05) is 0 Å². The van der Waals surface area contributed by atoms with E-state index in [4.69, 9.17) is 0 Å². The predicted octanol–water partition coefficient (Wildman–Crippen LogP) is 2.00. The Morgan fingerprint density at radius 2 is 2.08 bits per heavy atom. The lowest BCUT2D eigenvalue weighted by molar-refractivity contribution is 0.369. The van der Waals surface area contributed by atoms with Crippen LogP contribution in [0.4, 0.5) is 8.78 Å². The molecule has 0 aromatic heterocycles. The summed E-state index contributed by atoms with van der Waals surface area (Å²) in [5.74, 6) is -0.970. The number of halogens is 2. The predicted molar refractivity (Wildman–Crippen MR) is 41.7 cm³/mol. The fourth-order valence-corrected chi connectivity index (χ4v) is 1.34. The van der Waals surface area contributed by atoms with Crippen molar-refractivity contribution in [3.05, 3.63) is 35.4 Å². The molecule has 3 heteroatoms. The minimum atomic E-state index is -0.518. The van der Waals surface area contributed by atoms with E-state index < -0.39 is 11.6 Å². The van der Waals surface area contributed by atoms with Crippen LogP contribution in [0.2, 0.25) is 0 Å². The Bertz CT molecular complexity index is 295. The van der Waals surface area contributed by atoms with Crippen molar-refractivity contribution < 1.29 is 8.78 Å². The highest BCUT2D eigenvalue weighted by molar-refractivity contribution is 5.23. The lowest BCUT2D eigenvalue weighted by atomic mass is 9.98. The molecule has 2 rings (SSSR count). The van der Waals surface area contributed by atoms with Crippen LogP contribution in [0.15, 0.2) is 18.2 Å². The highest BCUT2D eigenvalue weighted by Crippen LogP contribution is 2.25. The molecule has 1 atom stereocenters. The first kappa shape index (κ1) is 7.68. The van der Waals surface area contributed by atoms with Gasteiger partial charge in [0.25, 0.3) is 0 Å². The molecule has 1 heterocycles. The average Bonchev–Trinajstić information content (AvgIpc) is 1.91. The summed E-state index contributed by atoms with van der Waals surface area (Å²) in [4.78, 5) is 0. The smallest absolute Gasteiger partial charge is 0.130 e. The van der Waals surface area contributed by atoms with E-state index in [-0.39, 0.29) is 6.04 Å². The van der Waals surface area contributed by atoms with Gasteiger partial charge in [-0.3, -0.25) is 0 Å². The van der Waals surface area contributed by atoms with Crippen molar-refractivity contribution in [1.29, 1.82) is 0 Å². The summed E-state index contributed by atoms with van der Waals surface area (Å²) in [5, 5.41) is 3.06. The summed E-state index contributed by atoms with van der Waals surface area (Å²) >= 11 is 0. The third-order valence-corrected chi connectivity index (χ3v) is 2.16. The molecule has 12 heavy (non-hydrogen) atoms. The standard InChI is InChI=1S/C9H9F2N/c10-6-1-2-7(8(11)5-6)9-3-4-12-9/h1-2,5,9,12H,3-4H2/t9-/m0/s1. The van der Waals surface area contributed by atoms with Gasteiger partial charge in [-0.2, -0.15) is 0 Å². The van der Waals surface area contributed by atoms with Crippen LogP contribution in [-0.4, -0.2) is 6.54 Å². The lowest BCUT2D eigenvalue weighted by Crippen LogP contribution is -2.35. The topological polar surface area (TPSA) is 12.0 Å². The third kappa shape index (κ3) is 1.20. The molecule has 0 amide bonds. The van der Waals surface area contributed by atoms with Crippen LogP contribution < -0.4 is 5.32 Å². The summed E-state index contributed by atoms with van der Waals surface area (Å²) in [6, 6.07) is 3.81. The van der Waals surface area contributed by atoms with Crippen molar-refractivity contribution in [3.63, 3.8) is 0 Å². The quantitative estimate of drug-likeness (QED) is 0.678. The van der Waals surface area contributed by atoms with Crippen molar-refractivity contribution in [1.82, 2.24) is 5.32 Å². The average molecular weight is 169 g/mol. The van der Waals surface area contributed by atoms with E-state index in [9.17, 15) is 8.78 Å². The zero-order valence-corrected chi connectivity index (χ0v) is 6.48. The van der Waals surface area contributed by atoms with Gasteiger partial charge in [0.05, 0.1) is 0 Å². The second-order valence-corrected chi connectivity index (χ2v) is 2.96. The maximum absolute atomic E-state index is 13.0. The van der Waals surface area contributed by atoms with Crippen molar-refractivity contribution in [2.24, 2.45) is 0 Å². The third-order valence-electron chi connectivity index (χ3n) is 2.16. The molecule has 1 aliphatic heterocycles. The van der Waals surface area contributed by atoms with Crippen LogP contribution in [0.1, 0.15) is 18.0 Å². The molecule has 1 N–H and O–H groups in total. The summed E-state index contributed by atoms with van der Waals surface area (Å²) in [6.07, 6.45) is 0.933. The number of rotatable bonds is 1. The van der Waals surface area contributed by atoms with Gasteiger partial charge in [0, 0.05) is 17.7 Å². The molecule has 1 nitrogen and oxygen atoms in total. The van der Waals surface area contributed by atoms with E-state index in [1.165, 1.54) is 12.1 Å². The Morgan fingerprint density at radius 3 is 2.58 bits per heavy atom. The van der Waals surface area contributed by atoms with Crippen LogP contribution >= 0.6 is 0 Å². The minimum Gasteiger partial charge on any atom is -0.310 e. The van der Waals surface area contributed by atoms with Gasteiger partial charge < -0.3 is 5.32 Å². The van der Waals surface area contributed by atoms with Gasteiger partial charge in [-0.1, -0.05) is 6.07 Å². The Balaban J connectivity index is 2.31. The van der Waals surface area contributed by atoms with Crippen molar-refractivity contribution in [3.8, 4) is 0 Å². The normalized spacial score (nSPS) is 22.0. The van der Waals surface area contributed by atoms with E-state index >= 15 is 0 Å². The molecule has 64 valence electrons. The molecule has 0 spiro atoms. The van der Waals surface area contributed by atoms with Crippen molar-refractivity contribution in [2.75, 3.05) is 6.54 Å². The minimum absolute atomic E-state index is 0.0885. The van der Waals surface area contributed by atoms with Gasteiger partial charge in [-0.15, -0.1) is 0 Å². The number of hydrogen-bond donors (Lipinski definition) is 1. The molecule has 0 radical (unpaired) electrons. The van der Waals surface area contributed by atoms with Crippen LogP contribution in [-0.2, 0) is 0 Å². The maximum atomic E-state index is 13.0. The lowest BCUT2D eigenvalue weighted by Gasteiger charge is -2.28. The molecule has 1 aliphatic rings. The number of nitrogens with one attached hydrogen (secondary N) is 1.